The van der Waals surface area contributed by atoms with Crippen LogP contribution < -0.4 is 20.3 Å². The summed E-state index contributed by atoms with van der Waals surface area (Å²) in [5, 5.41) is 7.03. The first-order valence-corrected chi connectivity index (χ1v) is 13.9. The number of aryl methyl sites for hydroxylation is 1. The molecular weight excluding hydrogens is 537 g/mol. The lowest BCUT2D eigenvalue weighted by Gasteiger charge is -2.29. The van der Waals surface area contributed by atoms with Gasteiger partial charge in [-0.25, -0.2) is 4.39 Å². The summed E-state index contributed by atoms with van der Waals surface area (Å²) in [6.45, 7) is 9.69. The van der Waals surface area contributed by atoms with Gasteiger partial charge in [-0.3, -0.25) is 9.78 Å². The zero-order chi connectivity index (χ0) is 29.5. The van der Waals surface area contributed by atoms with Crippen molar-refractivity contribution < 1.29 is 13.9 Å². The van der Waals surface area contributed by atoms with E-state index in [1.54, 1.807) is 25.4 Å². The predicted molar refractivity (Wildman–Crippen MR) is 164 cm³/mol. The number of carbonyl (C=O) groups is 1. The van der Waals surface area contributed by atoms with Crippen molar-refractivity contribution >= 4 is 34.6 Å². The van der Waals surface area contributed by atoms with Crippen molar-refractivity contribution in [3.05, 3.63) is 101 Å². The van der Waals surface area contributed by atoms with Crippen molar-refractivity contribution in [2.45, 2.75) is 46.7 Å². The Bertz CT molecular complexity index is 1600. The minimum Gasteiger partial charge on any atom is -0.494 e. The van der Waals surface area contributed by atoms with Gasteiger partial charge in [0, 0.05) is 40.4 Å². The number of carbonyl (C=O) groups excluding carboxylic acids is 1. The molecular formula is C32H34FN5O2S. The smallest absolute Gasteiger partial charge is 0.229 e. The van der Waals surface area contributed by atoms with Crippen LogP contribution in [0.4, 0.5) is 15.8 Å². The lowest BCUT2D eigenvalue weighted by Crippen LogP contribution is -2.30. The molecule has 0 saturated carbocycles. The third-order valence-corrected chi connectivity index (χ3v) is 7.68. The number of anilines is 2. The molecule has 9 heteroatoms. The maximum absolute atomic E-state index is 13.7. The van der Waals surface area contributed by atoms with Crippen molar-refractivity contribution in [3.63, 3.8) is 0 Å². The molecule has 2 atom stereocenters. The van der Waals surface area contributed by atoms with Crippen LogP contribution in [0, 0.1) is 25.1 Å². The molecule has 3 heterocycles. The Hall–Kier alpha value is -4.24. The number of methoxy groups -OCH3 is 1. The third-order valence-electron chi connectivity index (χ3n) is 7.36. The van der Waals surface area contributed by atoms with E-state index in [1.807, 2.05) is 64.1 Å². The van der Waals surface area contributed by atoms with Crippen molar-refractivity contribution in [1.29, 1.82) is 0 Å². The fourth-order valence-corrected chi connectivity index (χ4v) is 5.61. The van der Waals surface area contributed by atoms with E-state index in [9.17, 15) is 9.18 Å². The fourth-order valence-electron chi connectivity index (χ4n) is 5.27. The van der Waals surface area contributed by atoms with Gasteiger partial charge in [-0.2, -0.15) is 0 Å². The zero-order valence-corrected chi connectivity index (χ0v) is 24.8. The van der Waals surface area contributed by atoms with E-state index < -0.39 is 5.41 Å². The van der Waals surface area contributed by atoms with Gasteiger partial charge in [0.15, 0.2) is 5.11 Å². The molecule has 4 aromatic rings. The Labute approximate surface area is 245 Å². The maximum Gasteiger partial charge on any atom is 0.229 e. The van der Waals surface area contributed by atoms with Gasteiger partial charge in [0.1, 0.15) is 11.6 Å². The van der Waals surface area contributed by atoms with Gasteiger partial charge in [0.25, 0.3) is 0 Å². The number of amides is 1. The highest BCUT2D eigenvalue weighted by Gasteiger charge is 2.42. The van der Waals surface area contributed by atoms with Gasteiger partial charge >= 0.3 is 0 Å². The monoisotopic (exact) mass is 571 g/mol. The van der Waals surface area contributed by atoms with E-state index in [0.717, 1.165) is 34.0 Å². The number of pyridine rings is 1. The summed E-state index contributed by atoms with van der Waals surface area (Å²) in [5.74, 6) is 0.141. The Morgan fingerprint density at radius 2 is 1.76 bits per heavy atom. The summed E-state index contributed by atoms with van der Waals surface area (Å²) < 4.78 is 21.5. The zero-order valence-electron chi connectivity index (χ0n) is 24.0. The molecule has 0 radical (unpaired) electrons. The highest BCUT2D eigenvalue weighted by molar-refractivity contribution is 7.80. The summed E-state index contributed by atoms with van der Waals surface area (Å²) in [6.07, 6.45) is 1.78. The molecule has 212 valence electrons. The summed E-state index contributed by atoms with van der Waals surface area (Å²) in [4.78, 5) is 19.4. The minimum absolute atomic E-state index is 0.108. The standard InChI is InChI=1S/C32H34FN5O2S/c1-19-17-24(20(2)37(19)22-12-10-21(33)11-13-22)29-28(26-9-7-8-16-34-26)36-31(41)38(29)23-14-15-25(27(18-23)40-6)35-30(39)32(3,4)5/h7-18,28-29H,1-6H3,(H,35,39)(H,36,41). The Morgan fingerprint density at radius 3 is 2.39 bits per heavy atom. The second-order valence-electron chi connectivity index (χ2n) is 11.2. The van der Waals surface area contributed by atoms with E-state index in [2.05, 4.69) is 38.1 Å². The number of halogens is 1. The molecule has 2 N–H and O–H groups in total. The number of benzene rings is 2. The second kappa shape index (κ2) is 11.0. The lowest BCUT2D eigenvalue weighted by atomic mass is 9.95. The average Bonchev–Trinajstić information content (AvgIpc) is 3.44. The molecule has 1 saturated heterocycles. The van der Waals surface area contributed by atoms with Crippen molar-refractivity contribution in [2.75, 3.05) is 17.3 Å². The van der Waals surface area contributed by atoms with Gasteiger partial charge in [-0.05, 0) is 86.2 Å². The van der Waals surface area contributed by atoms with Crippen LogP contribution >= 0.6 is 12.2 Å². The number of nitrogens with one attached hydrogen (secondary N) is 2. The fraction of sp³-hybridized carbons (Fsp3) is 0.281. The largest absolute Gasteiger partial charge is 0.494 e. The number of thiocarbonyl (C=S) groups is 1. The van der Waals surface area contributed by atoms with Crippen molar-refractivity contribution in [3.8, 4) is 11.4 Å². The molecule has 7 nitrogen and oxygen atoms in total. The van der Waals surface area contributed by atoms with Crippen LogP contribution in [-0.2, 0) is 4.79 Å². The first-order valence-electron chi connectivity index (χ1n) is 13.4. The van der Waals surface area contributed by atoms with Gasteiger partial charge < -0.3 is 24.8 Å². The minimum atomic E-state index is -0.557. The van der Waals surface area contributed by atoms with Gasteiger partial charge in [-0.1, -0.05) is 26.8 Å². The first kappa shape index (κ1) is 28.3. The molecule has 5 rings (SSSR count). The topological polar surface area (TPSA) is 71.4 Å². The molecule has 0 bridgehead atoms. The molecule has 2 unspecified atom stereocenters. The van der Waals surface area contributed by atoms with Crippen molar-refractivity contribution in [1.82, 2.24) is 14.9 Å². The number of aromatic nitrogens is 2. The third kappa shape index (κ3) is 5.41. The summed E-state index contributed by atoms with van der Waals surface area (Å²) in [7, 11) is 1.58. The number of hydrogen-bond acceptors (Lipinski definition) is 4. The van der Waals surface area contributed by atoms with Crippen LogP contribution in [-0.4, -0.2) is 27.7 Å². The number of ether oxygens (including phenoxy) is 1. The second-order valence-corrected chi connectivity index (χ2v) is 11.6. The summed E-state index contributed by atoms with van der Waals surface area (Å²) in [6, 6.07) is 19.6. The highest BCUT2D eigenvalue weighted by Crippen LogP contribution is 2.45. The van der Waals surface area contributed by atoms with Gasteiger partial charge in [0.2, 0.25) is 5.91 Å². The Morgan fingerprint density at radius 1 is 1.05 bits per heavy atom. The molecule has 1 fully saturated rings. The molecule has 1 aliphatic heterocycles. The Balaban J connectivity index is 1.62. The predicted octanol–water partition coefficient (Wildman–Crippen LogP) is 6.80. The van der Waals surface area contributed by atoms with E-state index >= 15 is 0 Å². The normalized spacial score (nSPS) is 17.0. The molecule has 0 aliphatic carbocycles. The highest BCUT2D eigenvalue weighted by atomic mass is 32.1. The molecule has 0 spiro atoms. The Kier molecular flexibility index (Phi) is 7.57. The van der Waals surface area contributed by atoms with Crippen molar-refractivity contribution in [2.24, 2.45) is 5.41 Å². The van der Waals surface area contributed by atoms with Crippen LogP contribution in [0.25, 0.3) is 5.69 Å². The van der Waals surface area contributed by atoms with Crippen LogP contribution in [0.1, 0.15) is 55.5 Å². The summed E-state index contributed by atoms with van der Waals surface area (Å²) in [5.41, 5.74) is 5.65. The molecule has 1 amide bonds. The number of rotatable bonds is 6. The number of nitrogens with zero attached hydrogens (tertiary/aromatic N) is 3. The van der Waals surface area contributed by atoms with E-state index in [4.69, 9.17) is 17.0 Å². The first-order chi connectivity index (χ1) is 19.5. The van der Waals surface area contributed by atoms with E-state index in [1.165, 1.54) is 12.1 Å². The molecule has 2 aromatic heterocycles. The van der Waals surface area contributed by atoms with E-state index in [-0.39, 0.29) is 23.8 Å². The quantitative estimate of drug-likeness (QED) is 0.248. The van der Waals surface area contributed by atoms with Gasteiger partial charge in [-0.15, -0.1) is 0 Å². The maximum atomic E-state index is 13.7. The number of hydrogen-bond donors (Lipinski definition) is 2. The van der Waals surface area contributed by atoms with Gasteiger partial charge in [0.05, 0.1) is 30.6 Å². The lowest BCUT2D eigenvalue weighted by molar-refractivity contribution is -0.123. The molecule has 2 aromatic carbocycles. The summed E-state index contributed by atoms with van der Waals surface area (Å²) >= 11 is 5.93. The van der Waals surface area contributed by atoms with Crippen LogP contribution in [0.5, 0.6) is 5.75 Å². The van der Waals surface area contributed by atoms with Crippen LogP contribution in [0.3, 0.4) is 0 Å². The van der Waals surface area contributed by atoms with Crippen LogP contribution in [0.15, 0.2) is 72.9 Å². The van der Waals surface area contributed by atoms with E-state index in [0.29, 0.717) is 16.5 Å². The molecule has 41 heavy (non-hydrogen) atoms. The average molecular weight is 572 g/mol. The molecule has 1 aliphatic rings. The van der Waals surface area contributed by atoms with Crippen LogP contribution in [0.2, 0.25) is 0 Å². The SMILES string of the molecule is COc1cc(N2C(=S)NC(c3ccccn3)C2c2cc(C)n(-c3ccc(F)cc3)c2C)ccc1NC(=O)C(C)(C)C.